The molecule has 0 unspecified atom stereocenters. The largest absolute Gasteiger partial charge is 0.341 e. The maximum atomic E-state index is 13.4. The molecule has 0 aliphatic heterocycles. The number of hydrogen-bond acceptors (Lipinski definition) is 2. The molecule has 1 aromatic rings. The van der Waals surface area contributed by atoms with Crippen LogP contribution in [0.3, 0.4) is 0 Å². The quantitative estimate of drug-likeness (QED) is 0.926. The monoisotopic (exact) mass is 288 g/mol. The number of rotatable bonds is 4. The Morgan fingerprint density at radius 1 is 1.42 bits per heavy atom. The summed E-state index contributed by atoms with van der Waals surface area (Å²) >= 11 is 0. The molecule has 108 valence electrons. The first-order chi connectivity index (χ1) is 8.26. The van der Waals surface area contributed by atoms with E-state index in [4.69, 9.17) is 5.73 Å². The molecule has 0 saturated heterocycles. The second kappa shape index (κ2) is 6.87. The van der Waals surface area contributed by atoms with Gasteiger partial charge in [-0.05, 0) is 36.6 Å². The van der Waals surface area contributed by atoms with E-state index in [1.807, 2.05) is 13.8 Å². The molecule has 0 saturated carbocycles. The Kier molecular flexibility index (Phi) is 6.46. The summed E-state index contributed by atoms with van der Waals surface area (Å²) in [5.41, 5.74) is 6.40. The van der Waals surface area contributed by atoms with Crippen LogP contribution >= 0.6 is 12.4 Å². The van der Waals surface area contributed by atoms with E-state index in [2.05, 4.69) is 0 Å². The Labute approximate surface area is 120 Å². The number of amides is 1. The van der Waals surface area contributed by atoms with Gasteiger partial charge in [-0.2, -0.15) is 0 Å². The van der Waals surface area contributed by atoms with E-state index in [-0.39, 0.29) is 29.5 Å². The molecule has 0 aliphatic carbocycles. The minimum Gasteiger partial charge on any atom is -0.341 e. The lowest BCUT2D eigenvalue weighted by Crippen LogP contribution is -2.39. The zero-order valence-corrected chi connectivity index (χ0v) is 12.7. The van der Waals surface area contributed by atoms with Crippen LogP contribution in [0.25, 0.3) is 0 Å². The van der Waals surface area contributed by atoms with Gasteiger partial charge in [0, 0.05) is 19.2 Å². The molecule has 19 heavy (non-hydrogen) atoms. The predicted molar refractivity (Wildman–Crippen MR) is 78.2 cm³/mol. The van der Waals surface area contributed by atoms with Gasteiger partial charge >= 0.3 is 0 Å². The number of hydrogen-bond donors (Lipinski definition) is 1. The Balaban J connectivity index is 0.00000324. The van der Waals surface area contributed by atoms with Gasteiger partial charge < -0.3 is 10.6 Å². The molecule has 0 fully saturated rings. The van der Waals surface area contributed by atoms with E-state index < -0.39 is 0 Å². The average molecular weight is 289 g/mol. The molecule has 0 aliphatic rings. The second-order valence-electron chi connectivity index (χ2n) is 5.49. The third-order valence-electron chi connectivity index (χ3n) is 2.98. The molecule has 0 heterocycles. The number of carbonyl (C=O) groups is 1. The van der Waals surface area contributed by atoms with Gasteiger partial charge in [-0.15, -0.1) is 12.4 Å². The Hall–Kier alpha value is -1.13. The maximum absolute atomic E-state index is 13.4. The summed E-state index contributed by atoms with van der Waals surface area (Å²) in [7, 11) is 1.71. The smallest absolute Gasteiger partial charge is 0.253 e. The number of carbonyl (C=O) groups excluding carboxylic acids is 1. The second-order valence-corrected chi connectivity index (χ2v) is 5.49. The summed E-state index contributed by atoms with van der Waals surface area (Å²) in [6.07, 6.45) is 0. The van der Waals surface area contributed by atoms with E-state index in [9.17, 15) is 9.18 Å². The fourth-order valence-electron chi connectivity index (χ4n) is 1.72. The molecule has 0 atom stereocenters. The lowest BCUT2D eigenvalue weighted by Gasteiger charge is -2.29. The van der Waals surface area contributed by atoms with E-state index in [0.717, 1.165) is 0 Å². The van der Waals surface area contributed by atoms with Crippen LogP contribution in [0.15, 0.2) is 18.2 Å². The first-order valence-electron chi connectivity index (χ1n) is 5.98. The van der Waals surface area contributed by atoms with Crippen LogP contribution in [-0.4, -0.2) is 30.9 Å². The molecular formula is C14H22ClFN2O. The molecule has 5 heteroatoms. The minimum atomic E-state index is -0.354. The van der Waals surface area contributed by atoms with Crippen molar-refractivity contribution in [2.45, 2.75) is 20.8 Å². The van der Waals surface area contributed by atoms with E-state index in [1.54, 1.807) is 31.0 Å². The molecule has 2 N–H and O–H groups in total. The van der Waals surface area contributed by atoms with Crippen LogP contribution in [0.5, 0.6) is 0 Å². The lowest BCUT2D eigenvalue weighted by atomic mass is 9.93. The van der Waals surface area contributed by atoms with Crippen LogP contribution in [0.2, 0.25) is 0 Å². The van der Waals surface area contributed by atoms with Crippen molar-refractivity contribution in [2.24, 2.45) is 11.1 Å². The molecule has 0 radical (unpaired) electrons. The Morgan fingerprint density at radius 2 is 2.00 bits per heavy atom. The third-order valence-corrected chi connectivity index (χ3v) is 2.98. The predicted octanol–water partition coefficient (Wildman–Crippen LogP) is 2.61. The fraction of sp³-hybridized carbons (Fsp3) is 0.500. The summed E-state index contributed by atoms with van der Waals surface area (Å²) in [5.74, 6) is -0.539. The average Bonchev–Trinajstić information content (AvgIpc) is 2.31. The number of nitrogens with zero attached hydrogens (tertiary/aromatic N) is 1. The van der Waals surface area contributed by atoms with Crippen molar-refractivity contribution in [1.29, 1.82) is 0 Å². The van der Waals surface area contributed by atoms with Crippen molar-refractivity contribution in [1.82, 2.24) is 4.90 Å². The number of nitrogens with two attached hydrogens (primary N) is 1. The van der Waals surface area contributed by atoms with Crippen molar-refractivity contribution < 1.29 is 9.18 Å². The molecule has 3 nitrogen and oxygen atoms in total. The van der Waals surface area contributed by atoms with Crippen molar-refractivity contribution in [3.63, 3.8) is 0 Å². The zero-order valence-electron chi connectivity index (χ0n) is 11.9. The SMILES string of the molecule is Cc1ccc(C(=O)N(C)CC(C)(C)CN)cc1F.Cl. The first kappa shape index (κ1) is 17.9. The molecule has 1 amide bonds. The van der Waals surface area contributed by atoms with Gasteiger partial charge in [0.25, 0.3) is 5.91 Å². The van der Waals surface area contributed by atoms with Crippen molar-refractivity contribution in [3.8, 4) is 0 Å². The van der Waals surface area contributed by atoms with Crippen molar-refractivity contribution in [2.75, 3.05) is 20.1 Å². The van der Waals surface area contributed by atoms with Crippen LogP contribution in [0.1, 0.15) is 29.8 Å². The fourth-order valence-corrected chi connectivity index (χ4v) is 1.72. The molecular weight excluding hydrogens is 267 g/mol. The lowest BCUT2D eigenvalue weighted by molar-refractivity contribution is 0.0740. The highest BCUT2D eigenvalue weighted by Crippen LogP contribution is 2.16. The van der Waals surface area contributed by atoms with Gasteiger partial charge in [0.1, 0.15) is 5.82 Å². The maximum Gasteiger partial charge on any atom is 0.253 e. The van der Waals surface area contributed by atoms with E-state index in [0.29, 0.717) is 24.2 Å². The number of aryl methyl sites for hydroxylation is 1. The summed E-state index contributed by atoms with van der Waals surface area (Å²) in [6.45, 7) is 6.69. The van der Waals surface area contributed by atoms with Crippen LogP contribution in [0.4, 0.5) is 4.39 Å². The molecule has 1 rings (SSSR count). The third kappa shape index (κ3) is 4.80. The highest BCUT2D eigenvalue weighted by molar-refractivity contribution is 5.94. The van der Waals surface area contributed by atoms with Gasteiger partial charge in [0.05, 0.1) is 0 Å². The number of benzene rings is 1. The summed E-state index contributed by atoms with van der Waals surface area (Å²) in [4.78, 5) is 13.7. The molecule has 0 bridgehead atoms. The Morgan fingerprint density at radius 3 is 2.47 bits per heavy atom. The highest BCUT2D eigenvalue weighted by Gasteiger charge is 2.22. The summed E-state index contributed by atoms with van der Waals surface area (Å²) in [5, 5.41) is 0. The number of halogens is 2. The van der Waals surface area contributed by atoms with Gasteiger partial charge in [-0.25, -0.2) is 4.39 Å². The van der Waals surface area contributed by atoms with E-state index >= 15 is 0 Å². The highest BCUT2D eigenvalue weighted by atomic mass is 35.5. The molecule has 0 spiro atoms. The van der Waals surface area contributed by atoms with Gasteiger partial charge in [0.15, 0.2) is 0 Å². The van der Waals surface area contributed by atoms with Crippen LogP contribution < -0.4 is 5.73 Å². The normalized spacial score (nSPS) is 10.8. The van der Waals surface area contributed by atoms with Gasteiger partial charge in [-0.1, -0.05) is 19.9 Å². The summed E-state index contributed by atoms with van der Waals surface area (Å²) < 4.78 is 13.4. The van der Waals surface area contributed by atoms with Crippen molar-refractivity contribution in [3.05, 3.63) is 35.1 Å². The summed E-state index contributed by atoms with van der Waals surface area (Å²) in [6, 6.07) is 4.54. The zero-order chi connectivity index (χ0) is 13.9. The standard InChI is InChI=1S/C14H21FN2O.ClH/c1-10-5-6-11(7-12(10)15)13(18)17(4)9-14(2,3)8-16;/h5-7H,8-9,16H2,1-4H3;1H. The Bertz CT molecular complexity index is 449. The van der Waals surface area contributed by atoms with Crippen molar-refractivity contribution >= 4 is 18.3 Å². The topological polar surface area (TPSA) is 46.3 Å². The van der Waals surface area contributed by atoms with E-state index in [1.165, 1.54) is 6.07 Å². The first-order valence-corrected chi connectivity index (χ1v) is 5.98. The van der Waals surface area contributed by atoms with Crippen LogP contribution in [0, 0.1) is 18.2 Å². The van der Waals surface area contributed by atoms with Crippen LogP contribution in [-0.2, 0) is 0 Å². The van der Waals surface area contributed by atoms with Gasteiger partial charge in [-0.3, -0.25) is 4.79 Å². The molecule has 0 aromatic heterocycles. The molecule has 1 aromatic carbocycles. The minimum absolute atomic E-state index is 0. The van der Waals surface area contributed by atoms with Gasteiger partial charge in [0.2, 0.25) is 0 Å².